The van der Waals surface area contributed by atoms with Crippen molar-refractivity contribution in [3.8, 4) is 11.5 Å². The maximum Gasteiger partial charge on any atom is 0.254 e. The minimum absolute atomic E-state index is 0.0895. The first-order valence-corrected chi connectivity index (χ1v) is 10.7. The van der Waals surface area contributed by atoms with Crippen molar-refractivity contribution in [2.24, 2.45) is 0 Å². The summed E-state index contributed by atoms with van der Waals surface area (Å²) in [5.41, 5.74) is 0.650. The summed E-state index contributed by atoms with van der Waals surface area (Å²) in [6, 6.07) is 5.72. The van der Waals surface area contributed by atoms with Crippen LogP contribution in [0, 0.1) is 0 Å². The number of thioether (sulfide) groups is 1. The van der Waals surface area contributed by atoms with E-state index in [9.17, 15) is 4.79 Å². The number of methoxy groups -OCH3 is 2. The van der Waals surface area contributed by atoms with Crippen LogP contribution >= 0.6 is 11.8 Å². The fourth-order valence-electron chi connectivity index (χ4n) is 3.78. The number of hydrogen-bond donors (Lipinski definition) is 0. The molecule has 2 aliphatic rings. The summed E-state index contributed by atoms with van der Waals surface area (Å²) in [6.07, 6.45) is 4.94. The third kappa shape index (κ3) is 4.86. The second-order valence-corrected chi connectivity index (χ2v) is 8.19. The van der Waals surface area contributed by atoms with E-state index in [0.717, 1.165) is 44.1 Å². The van der Waals surface area contributed by atoms with Crippen molar-refractivity contribution in [3.05, 3.63) is 23.8 Å². The van der Waals surface area contributed by atoms with Gasteiger partial charge >= 0.3 is 0 Å². The van der Waals surface area contributed by atoms with Gasteiger partial charge in [0.25, 0.3) is 5.91 Å². The van der Waals surface area contributed by atoms with Crippen molar-refractivity contribution < 1.29 is 14.3 Å². The summed E-state index contributed by atoms with van der Waals surface area (Å²) < 4.78 is 10.7. The maximum absolute atomic E-state index is 13.3. The fraction of sp³-hybridized carbons (Fsp3) is 0.650. The van der Waals surface area contributed by atoms with Crippen LogP contribution in [-0.2, 0) is 0 Å². The van der Waals surface area contributed by atoms with Gasteiger partial charge in [0, 0.05) is 30.5 Å². The molecule has 2 heterocycles. The molecule has 1 unspecified atom stereocenters. The standard InChI is InChI=1S/C20H30N2O3S/c1-24-18-11-16(12-19(13-18)25-2)20(23)22-9-6-10-26-15-17(22)14-21-7-4-3-5-8-21/h11-13,17H,3-10,14-15H2,1-2H3. The number of piperidine rings is 1. The first-order chi connectivity index (χ1) is 12.7. The van der Waals surface area contributed by atoms with Gasteiger partial charge in [-0.2, -0.15) is 11.8 Å². The van der Waals surface area contributed by atoms with Crippen LogP contribution in [0.15, 0.2) is 18.2 Å². The van der Waals surface area contributed by atoms with Crippen molar-refractivity contribution in [1.29, 1.82) is 0 Å². The van der Waals surface area contributed by atoms with Crippen molar-refractivity contribution in [1.82, 2.24) is 9.80 Å². The summed E-state index contributed by atoms with van der Waals surface area (Å²) in [5, 5.41) is 0. The van der Waals surface area contributed by atoms with E-state index >= 15 is 0 Å². The lowest BCUT2D eigenvalue weighted by Gasteiger charge is -2.36. The number of ether oxygens (including phenoxy) is 2. The molecule has 5 nitrogen and oxygen atoms in total. The topological polar surface area (TPSA) is 42.0 Å². The Morgan fingerprint density at radius 2 is 1.73 bits per heavy atom. The van der Waals surface area contributed by atoms with Gasteiger partial charge in [-0.25, -0.2) is 0 Å². The largest absolute Gasteiger partial charge is 0.497 e. The molecule has 1 amide bonds. The molecule has 0 saturated carbocycles. The number of benzene rings is 1. The molecular weight excluding hydrogens is 348 g/mol. The Morgan fingerprint density at radius 3 is 2.38 bits per heavy atom. The van der Waals surface area contributed by atoms with Gasteiger partial charge in [0.15, 0.2) is 0 Å². The molecule has 3 rings (SSSR count). The summed E-state index contributed by atoms with van der Waals surface area (Å²) in [6.45, 7) is 4.13. The van der Waals surface area contributed by atoms with E-state index in [-0.39, 0.29) is 11.9 Å². The fourth-order valence-corrected chi connectivity index (χ4v) is 4.84. The van der Waals surface area contributed by atoms with Crippen LogP contribution in [0.25, 0.3) is 0 Å². The maximum atomic E-state index is 13.3. The zero-order valence-corrected chi connectivity index (χ0v) is 16.7. The number of carbonyl (C=O) groups is 1. The Hall–Kier alpha value is -1.40. The molecule has 2 fully saturated rings. The van der Waals surface area contributed by atoms with Crippen LogP contribution in [0.5, 0.6) is 11.5 Å². The van der Waals surface area contributed by atoms with Gasteiger partial charge in [-0.1, -0.05) is 6.42 Å². The number of amides is 1. The number of carbonyl (C=O) groups excluding carboxylic acids is 1. The third-order valence-electron chi connectivity index (χ3n) is 5.22. The van der Waals surface area contributed by atoms with Gasteiger partial charge in [0.2, 0.25) is 0 Å². The van der Waals surface area contributed by atoms with Crippen molar-refractivity contribution in [2.75, 3.05) is 51.9 Å². The molecule has 1 atom stereocenters. The van der Waals surface area contributed by atoms with Gasteiger partial charge in [-0.05, 0) is 50.2 Å². The monoisotopic (exact) mass is 378 g/mol. The molecule has 1 aromatic carbocycles. The van der Waals surface area contributed by atoms with Crippen LogP contribution < -0.4 is 9.47 Å². The SMILES string of the molecule is COc1cc(OC)cc(C(=O)N2CCCSCC2CN2CCCCC2)c1. The smallest absolute Gasteiger partial charge is 0.254 e. The van der Waals surface area contributed by atoms with E-state index in [0.29, 0.717) is 17.1 Å². The highest BCUT2D eigenvalue weighted by molar-refractivity contribution is 7.99. The average Bonchev–Trinajstić information content (AvgIpc) is 2.93. The number of hydrogen-bond acceptors (Lipinski definition) is 5. The molecule has 1 aromatic rings. The minimum atomic E-state index is 0.0895. The molecule has 0 N–H and O–H groups in total. The second kappa shape index (κ2) is 9.51. The molecule has 0 spiro atoms. The van der Waals surface area contributed by atoms with Gasteiger partial charge < -0.3 is 19.3 Å². The van der Waals surface area contributed by atoms with E-state index in [4.69, 9.17) is 9.47 Å². The Morgan fingerprint density at radius 1 is 1.04 bits per heavy atom. The number of rotatable bonds is 5. The Balaban J connectivity index is 1.79. The van der Waals surface area contributed by atoms with Gasteiger partial charge in [-0.3, -0.25) is 4.79 Å². The summed E-state index contributed by atoms with van der Waals surface area (Å²) in [7, 11) is 3.23. The van der Waals surface area contributed by atoms with E-state index in [2.05, 4.69) is 9.80 Å². The van der Waals surface area contributed by atoms with E-state index in [1.807, 2.05) is 23.9 Å². The average molecular weight is 379 g/mol. The Kier molecular flexibility index (Phi) is 7.08. The zero-order valence-electron chi connectivity index (χ0n) is 15.9. The highest BCUT2D eigenvalue weighted by Gasteiger charge is 2.29. The lowest BCUT2D eigenvalue weighted by molar-refractivity contribution is 0.0645. The quantitative estimate of drug-likeness (QED) is 0.787. The zero-order chi connectivity index (χ0) is 18.4. The van der Waals surface area contributed by atoms with E-state index < -0.39 is 0 Å². The lowest BCUT2D eigenvalue weighted by Crippen LogP contribution is -2.49. The van der Waals surface area contributed by atoms with Crippen LogP contribution in [-0.4, -0.2) is 73.7 Å². The van der Waals surface area contributed by atoms with E-state index in [1.54, 1.807) is 20.3 Å². The summed E-state index contributed by atoms with van der Waals surface area (Å²) >= 11 is 1.97. The highest BCUT2D eigenvalue weighted by atomic mass is 32.2. The molecule has 144 valence electrons. The molecular formula is C20H30N2O3S. The molecule has 0 aromatic heterocycles. The van der Waals surface area contributed by atoms with Crippen LogP contribution in [0.2, 0.25) is 0 Å². The van der Waals surface area contributed by atoms with E-state index in [1.165, 1.54) is 19.3 Å². The molecule has 2 saturated heterocycles. The first kappa shape index (κ1) is 19.4. The summed E-state index contributed by atoms with van der Waals surface area (Å²) in [4.78, 5) is 17.9. The molecule has 2 aliphatic heterocycles. The van der Waals surface area contributed by atoms with Crippen molar-refractivity contribution in [2.45, 2.75) is 31.7 Å². The Labute approximate surface area is 161 Å². The van der Waals surface area contributed by atoms with Crippen LogP contribution in [0.4, 0.5) is 0 Å². The van der Waals surface area contributed by atoms with Gasteiger partial charge in [0.05, 0.1) is 20.3 Å². The molecule has 0 aliphatic carbocycles. The minimum Gasteiger partial charge on any atom is -0.497 e. The molecule has 0 radical (unpaired) electrons. The normalized spacial score (nSPS) is 21.9. The van der Waals surface area contributed by atoms with Gasteiger partial charge in [-0.15, -0.1) is 0 Å². The predicted octanol–water partition coefficient (Wildman–Crippen LogP) is 3.14. The van der Waals surface area contributed by atoms with Crippen LogP contribution in [0.3, 0.4) is 0 Å². The number of likely N-dealkylation sites (tertiary alicyclic amines) is 1. The van der Waals surface area contributed by atoms with Gasteiger partial charge in [0.1, 0.15) is 11.5 Å². The molecule has 6 heteroatoms. The Bertz CT molecular complexity index is 582. The third-order valence-corrected chi connectivity index (χ3v) is 6.41. The summed E-state index contributed by atoms with van der Waals surface area (Å²) in [5.74, 6) is 3.55. The van der Waals surface area contributed by atoms with Crippen molar-refractivity contribution in [3.63, 3.8) is 0 Å². The van der Waals surface area contributed by atoms with Crippen molar-refractivity contribution >= 4 is 17.7 Å². The lowest BCUT2D eigenvalue weighted by atomic mass is 10.1. The number of nitrogens with zero attached hydrogens (tertiary/aromatic N) is 2. The molecule has 26 heavy (non-hydrogen) atoms. The first-order valence-electron chi connectivity index (χ1n) is 9.55. The second-order valence-electron chi connectivity index (χ2n) is 7.04. The predicted molar refractivity (Wildman–Crippen MR) is 107 cm³/mol. The highest BCUT2D eigenvalue weighted by Crippen LogP contribution is 2.26. The van der Waals surface area contributed by atoms with Crippen LogP contribution in [0.1, 0.15) is 36.0 Å². The molecule has 0 bridgehead atoms.